The molecule has 0 saturated carbocycles. The first-order valence-corrected chi connectivity index (χ1v) is 19.3. The van der Waals surface area contributed by atoms with Gasteiger partial charge in [0.1, 0.15) is 11.7 Å². The predicted octanol–water partition coefficient (Wildman–Crippen LogP) is 2.59. The summed E-state index contributed by atoms with van der Waals surface area (Å²) < 4.78 is 50.1. The van der Waals surface area contributed by atoms with Crippen LogP contribution >= 0.6 is 7.82 Å². The molecule has 318 valence electrons. The number of aromatic nitrogens is 1. The van der Waals surface area contributed by atoms with E-state index in [-0.39, 0.29) is 41.2 Å². The second kappa shape index (κ2) is 18.7. The Morgan fingerprint density at radius 2 is 1.60 bits per heavy atom. The number of nitrogens with one attached hydrogen (secondary N) is 3. The second-order valence-corrected chi connectivity index (χ2v) is 14.5. The number of phosphoric ester groups is 1. The van der Waals surface area contributed by atoms with Crippen LogP contribution in [0.5, 0.6) is 0 Å². The molecule has 60 heavy (non-hydrogen) atoms. The van der Waals surface area contributed by atoms with Crippen molar-refractivity contribution in [3.05, 3.63) is 110 Å². The number of aliphatic hydroxyl groups is 1. The second-order valence-electron chi connectivity index (χ2n) is 13.3. The summed E-state index contributed by atoms with van der Waals surface area (Å²) in [4.78, 5) is 104. The molecule has 0 radical (unpaired) electrons. The van der Waals surface area contributed by atoms with Crippen LogP contribution in [-0.4, -0.2) is 95.8 Å². The zero-order valence-corrected chi connectivity index (χ0v) is 32.1. The van der Waals surface area contributed by atoms with Crippen LogP contribution in [0.1, 0.15) is 65.1 Å². The van der Waals surface area contributed by atoms with Gasteiger partial charge in [-0.25, -0.2) is 9.99 Å². The molecule has 0 aliphatic carbocycles. The average Bonchev–Trinajstić information content (AvgIpc) is 3.63. The number of hydrogen-bond donors (Lipinski definition) is 6. The van der Waals surface area contributed by atoms with E-state index in [2.05, 4.69) is 25.7 Å². The Kier molecular flexibility index (Phi) is 13.9. The van der Waals surface area contributed by atoms with Crippen molar-refractivity contribution in [2.45, 2.75) is 57.0 Å². The summed E-state index contributed by atoms with van der Waals surface area (Å²) in [5.41, 5.74) is 0.888. The van der Waals surface area contributed by atoms with Crippen molar-refractivity contribution in [2.75, 3.05) is 23.8 Å². The SMILES string of the molecule is C/C(=N\NC(=O)c1ccc(NC(=O)CCCCCN2C(=O)C=CC2=O)cc1[N+](=O)[O-])c1ccc(C(=O)Nc2ccn([C@@H]3O[C@H](COP(=O)(O)O)C(O)C3(F)F)c(=O)c2)cc1. The molecular formula is C36H36F2N7O14P. The summed E-state index contributed by atoms with van der Waals surface area (Å²) in [6, 6.07) is 11.0. The Morgan fingerprint density at radius 3 is 2.23 bits per heavy atom. The summed E-state index contributed by atoms with van der Waals surface area (Å²) in [5, 5.41) is 30.7. The van der Waals surface area contributed by atoms with Crippen molar-refractivity contribution in [3.8, 4) is 0 Å². The number of nitrogens with zero attached hydrogens (tertiary/aromatic N) is 4. The van der Waals surface area contributed by atoms with E-state index in [9.17, 15) is 57.3 Å². The first kappa shape index (κ1) is 44.7. The van der Waals surface area contributed by atoms with Gasteiger partial charge in [0, 0.05) is 60.4 Å². The zero-order valence-electron chi connectivity index (χ0n) is 31.2. The highest BCUT2D eigenvalue weighted by Gasteiger charge is 2.60. The number of nitro benzene ring substituents is 1. The molecule has 0 bridgehead atoms. The van der Waals surface area contributed by atoms with Gasteiger partial charge in [-0.2, -0.15) is 13.9 Å². The van der Waals surface area contributed by atoms with Gasteiger partial charge in [0.2, 0.25) is 12.1 Å². The van der Waals surface area contributed by atoms with Crippen LogP contribution in [0.25, 0.3) is 0 Å². The average molecular weight is 860 g/mol. The third-order valence-corrected chi connectivity index (χ3v) is 9.53. The predicted molar refractivity (Wildman–Crippen MR) is 204 cm³/mol. The van der Waals surface area contributed by atoms with Gasteiger partial charge >= 0.3 is 13.7 Å². The zero-order chi connectivity index (χ0) is 43.9. The number of anilines is 2. The van der Waals surface area contributed by atoms with E-state index in [1.54, 1.807) is 0 Å². The Bertz CT molecular complexity index is 2350. The van der Waals surface area contributed by atoms with Gasteiger partial charge < -0.3 is 30.3 Å². The lowest BCUT2D eigenvalue weighted by molar-refractivity contribution is -0.385. The maximum absolute atomic E-state index is 14.8. The maximum atomic E-state index is 14.8. The number of unbranched alkanes of at least 4 members (excludes halogenated alkanes) is 2. The van der Waals surface area contributed by atoms with Crippen molar-refractivity contribution in [1.29, 1.82) is 0 Å². The van der Waals surface area contributed by atoms with Crippen LogP contribution in [-0.2, 0) is 28.2 Å². The molecule has 1 fully saturated rings. The number of hydrazone groups is 1. The Hall–Kier alpha value is -6.36. The maximum Gasteiger partial charge on any atom is 0.469 e. The monoisotopic (exact) mass is 859 g/mol. The van der Waals surface area contributed by atoms with Gasteiger partial charge in [-0.3, -0.25) is 52.9 Å². The van der Waals surface area contributed by atoms with Gasteiger partial charge in [0.05, 0.1) is 17.2 Å². The molecule has 0 spiro atoms. The van der Waals surface area contributed by atoms with E-state index in [1.807, 2.05) is 0 Å². The molecule has 1 aromatic heterocycles. The lowest BCUT2D eigenvalue weighted by Crippen LogP contribution is -2.41. The molecule has 2 aliphatic heterocycles. The first-order valence-electron chi connectivity index (χ1n) is 17.8. The number of benzene rings is 2. The lowest BCUT2D eigenvalue weighted by Gasteiger charge is -2.21. The summed E-state index contributed by atoms with van der Waals surface area (Å²) >= 11 is 0. The van der Waals surface area contributed by atoms with Gasteiger partial charge in [-0.05, 0) is 55.7 Å². The number of ether oxygens (including phenoxy) is 1. The van der Waals surface area contributed by atoms with Crippen molar-refractivity contribution in [3.63, 3.8) is 0 Å². The lowest BCUT2D eigenvalue weighted by atomic mass is 10.1. The molecule has 6 N–H and O–H groups in total. The Labute approximate surface area is 337 Å². The highest BCUT2D eigenvalue weighted by molar-refractivity contribution is 7.46. The van der Waals surface area contributed by atoms with Gasteiger partial charge in [0.25, 0.3) is 34.9 Å². The fraction of sp³-hybridized carbons (Fsp3) is 0.306. The van der Waals surface area contributed by atoms with E-state index in [4.69, 9.17) is 14.5 Å². The van der Waals surface area contributed by atoms with E-state index < -0.39 is 84.5 Å². The number of carbonyl (C=O) groups excluding carboxylic acids is 5. The minimum Gasteiger partial charge on any atom is -0.384 e. The largest absolute Gasteiger partial charge is 0.469 e. The molecule has 2 aromatic carbocycles. The number of pyridine rings is 1. The van der Waals surface area contributed by atoms with Gasteiger partial charge in [-0.15, -0.1) is 0 Å². The normalized spacial score (nSPS) is 18.7. The number of rotatable bonds is 17. The molecule has 2 aliphatic rings. The molecule has 1 unspecified atom stereocenters. The molecule has 3 aromatic rings. The molecule has 21 nitrogen and oxygen atoms in total. The fourth-order valence-electron chi connectivity index (χ4n) is 5.92. The van der Waals surface area contributed by atoms with Crippen LogP contribution < -0.4 is 21.6 Å². The van der Waals surface area contributed by atoms with Crippen molar-refractivity contribution < 1.29 is 66.4 Å². The number of nitro groups is 1. The minimum absolute atomic E-state index is 0.0635. The van der Waals surface area contributed by atoms with E-state index in [0.717, 1.165) is 35.4 Å². The topological polar surface area (TPSA) is 298 Å². The van der Waals surface area contributed by atoms with Crippen molar-refractivity contribution in [1.82, 2.24) is 14.9 Å². The van der Waals surface area contributed by atoms with Gasteiger partial charge in [-0.1, -0.05) is 18.6 Å². The molecular weight excluding hydrogens is 823 g/mol. The summed E-state index contributed by atoms with van der Waals surface area (Å²) in [6.07, 6.45) is -2.07. The number of alkyl halides is 2. The number of carbonyl (C=O) groups is 5. The standard InChI is InChI=1S/C36H36F2N7O14P/c1-20(41-42-34(52)25-11-10-23(17-26(25)45(53)54)39-28(46)5-3-2-4-15-43-29(47)12-13-30(43)48)21-6-8-22(9-7-21)33(51)40-24-14-16-44(31(49)18-24)35-36(37,38)32(50)27(59-35)19-58-60(55,56)57/h6-14,16-18,27,32,35,50H,2-5,15,19H2,1H3,(H,39,46)(H,40,51)(H,42,52)(H2,55,56,57)/b41-20+/t27-,32?,35-/m1/s1. The number of halogens is 2. The molecule has 3 heterocycles. The van der Waals surface area contributed by atoms with Gasteiger partial charge in [0.15, 0.2) is 6.10 Å². The quantitative estimate of drug-likeness (QED) is 0.0284. The summed E-state index contributed by atoms with van der Waals surface area (Å²) in [6.45, 7) is 0.631. The molecule has 24 heteroatoms. The van der Waals surface area contributed by atoms with E-state index in [1.165, 1.54) is 49.4 Å². The Balaban J connectivity index is 1.13. The van der Waals surface area contributed by atoms with Crippen LogP contribution in [0.3, 0.4) is 0 Å². The van der Waals surface area contributed by atoms with Crippen LogP contribution in [0.15, 0.2) is 82.8 Å². The molecule has 5 amide bonds. The van der Waals surface area contributed by atoms with Crippen LogP contribution in [0.4, 0.5) is 25.8 Å². The minimum atomic E-state index is -5.08. The molecule has 1 saturated heterocycles. The third-order valence-electron chi connectivity index (χ3n) is 9.04. The third kappa shape index (κ3) is 11.0. The van der Waals surface area contributed by atoms with Crippen molar-refractivity contribution >= 4 is 60.1 Å². The highest BCUT2D eigenvalue weighted by atomic mass is 31.2. The smallest absolute Gasteiger partial charge is 0.384 e. The van der Waals surface area contributed by atoms with Crippen molar-refractivity contribution in [2.24, 2.45) is 5.10 Å². The fourth-order valence-corrected chi connectivity index (χ4v) is 6.26. The number of phosphoric acid groups is 1. The molecule has 3 atom stereocenters. The number of amides is 5. The number of imide groups is 1. The Morgan fingerprint density at radius 1 is 0.950 bits per heavy atom. The number of hydrogen-bond acceptors (Lipinski definition) is 13. The summed E-state index contributed by atoms with van der Waals surface area (Å²) in [7, 11) is -5.08. The number of aliphatic hydroxyl groups excluding tert-OH is 1. The van der Waals surface area contributed by atoms with E-state index >= 15 is 0 Å². The van der Waals surface area contributed by atoms with Crippen LogP contribution in [0, 0.1) is 10.1 Å². The first-order chi connectivity index (χ1) is 28.2. The summed E-state index contributed by atoms with van der Waals surface area (Å²) in [5.74, 6) is -6.95. The highest BCUT2D eigenvalue weighted by Crippen LogP contribution is 2.44. The molecule has 5 rings (SSSR count). The van der Waals surface area contributed by atoms with Crippen LogP contribution in [0.2, 0.25) is 0 Å². The van der Waals surface area contributed by atoms with E-state index in [0.29, 0.717) is 29.4 Å².